The Morgan fingerprint density at radius 3 is 2.80 bits per heavy atom. The van der Waals surface area contributed by atoms with Crippen molar-refractivity contribution in [3.05, 3.63) is 76.2 Å². The van der Waals surface area contributed by atoms with Crippen molar-refractivity contribution in [2.45, 2.75) is 6.61 Å². The van der Waals surface area contributed by atoms with Gasteiger partial charge in [-0.2, -0.15) is 5.10 Å². The van der Waals surface area contributed by atoms with Crippen LogP contribution in [-0.2, 0) is 20.9 Å². The molecule has 1 fully saturated rings. The number of carbonyl (C=O) groups excluding carboxylic acids is 2. The van der Waals surface area contributed by atoms with E-state index in [2.05, 4.69) is 20.3 Å². The average Bonchev–Trinajstić information content (AvgIpc) is 3.08. The number of nitrogens with zero attached hydrogens (tertiary/aromatic N) is 2. The molecule has 0 spiro atoms. The molecule has 0 radical (unpaired) electrons. The van der Waals surface area contributed by atoms with Gasteiger partial charge in [-0.3, -0.25) is 10.1 Å². The van der Waals surface area contributed by atoms with Crippen LogP contribution in [0.25, 0.3) is 0 Å². The minimum atomic E-state index is -0.978. The first kappa shape index (κ1) is 21.2. The number of hydrogen-bond donors (Lipinski definition) is 1. The van der Waals surface area contributed by atoms with E-state index in [0.717, 1.165) is 35.5 Å². The van der Waals surface area contributed by atoms with Crippen molar-refractivity contribution < 1.29 is 27.8 Å². The SMILES string of the molecule is COC(=O)/C=C1/S/C(=N\N=Cc2cccc(COc3ccc(F)c(F)c3)c2)NC1=O. The predicted molar refractivity (Wildman–Crippen MR) is 108 cm³/mol. The maximum absolute atomic E-state index is 13.2. The highest BCUT2D eigenvalue weighted by Crippen LogP contribution is 2.23. The van der Waals surface area contributed by atoms with Gasteiger partial charge in [0.05, 0.1) is 18.2 Å². The zero-order valence-corrected chi connectivity index (χ0v) is 16.4. The highest BCUT2D eigenvalue weighted by molar-refractivity contribution is 8.18. The van der Waals surface area contributed by atoms with E-state index < -0.39 is 23.5 Å². The van der Waals surface area contributed by atoms with Crippen molar-refractivity contribution in [2.24, 2.45) is 10.2 Å². The lowest BCUT2D eigenvalue weighted by molar-refractivity contribution is -0.135. The number of halogens is 2. The molecule has 1 aliphatic heterocycles. The van der Waals surface area contributed by atoms with Gasteiger partial charge in [0, 0.05) is 12.1 Å². The van der Waals surface area contributed by atoms with Gasteiger partial charge in [0.15, 0.2) is 16.8 Å². The van der Waals surface area contributed by atoms with Crippen LogP contribution in [0.5, 0.6) is 5.75 Å². The number of esters is 1. The molecule has 0 unspecified atom stereocenters. The zero-order valence-electron chi connectivity index (χ0n) is 15.6. The monoisotopic (exact) mass is 431 g/mol. The van der Waals surface area contributed by atoms with Gasteiger partial charge in [-0.1, -0.05) is 18.2 Å². The number of rotatable bonds is 6. The molecule has 7 nitrogen and oxygen atoms in total. The molecule has 2 aromatic carbocycles. The molecule has 1 saturated heterocycles. The quantitative estimate of drug-likeness (QED) is 0.329. The van der Waals surface area contributed by atoms with Crippen LogP contribution in [0.4, 0.5) is 8.78 Å². The molecule has 0 atom stereocenters. The number of amidine groups is 1. The van der Waals surface area contributed by atoms with Crippen LogP contribution < -0.4 is 10.1 Å². The molecular formula is C20H15F2N3O4S. The second kappa shape index (κ2) is 9.79. The van der Waals surface area contributed by atoms with Crippen LogP contribution in [0.3, 0.4) is 0 Å². The molecule has 3 rings (SSSR count). The third-order valence-corrected chi connectivity index (χ3v) is 4.60. The first-order chi connectivity index (χ1) is 14.4. The fraction of sp³-hybridized carbons (Fsp3) is 0.100. The predicted octanol–water partition coefficient (Wildman–Crippen LogP) is 3.15. The van der Waals surface area contributed by atoms with Crippen LogP contribution in [0.1, 0.15) is 11.1 Å². The fourth-order valence-electron chi connectivity index (χ4n) is 2.29. The third kappa shape index (κ3) is 5.74. The van der Waals surface area contributed by atoms with E-state index in [-0.39, 0.29) is 22.4 Å². The lowest BCUT2D eigenvalue weighted by Crippen LogP contribution is -2.19. The standard InChI is InChI=1S/C20H15F2N3O4S/c1-28-18(26)9-17-19(27)24-20(30-17)25-23-10-12-3-2-4-13(7-12)11-29-14-5-6-15(21)16(22)8-14/h2-10H,11H2,1H3,(H,24,25,27)/b17-9+,23-10?. The molecule has 10 heteroatoms. The molecule has 1 amide bonds. The summed E-state index contributed by atoms with van der Waals surface area (Å²) in [6.07, 6.45) is 2.55. The zero-order chi connectivity index (χ0) is 21.5. The summed E-state index contributed by atoms with van der Waals surface area (Å²) < 4.78 is 36.1. The van der Waals surface area contributed by atoms with E-state index in [1.165, 1.54) is 19.4 Å². The van der Waals surface area contributed by atoms with Crippen molar-refractivity contribution in [3.8, 4) is 5.75 Å². The van der Waals surface area contributed by atoms with E-state index in [4.69, 9.17) is 4.74 Å². The van der Waals surface area contributed by atoms with Crippen molar-refractivity contribution in [2.75, 3.05) is 7.11 Å². The topological polar surface area (TPSA) is 89.3 Å². The number of hydrogen-bond acceptors (Lipinski definition) is 7. The Hall–Kier alpha value is -3.53. The number of carbonyl (C=O) groups is 2. The lowest BCUT2D eigenvalue weighted by atomic mass is 10.1. The largest absolute Gasteiger partial charge is 0.489 e. The summed E-state index contributed by atoms with van der Waals surface area (Å²) in [6.45, 7) is 0.148. The van der Waals surface area contributed by atoms with Crippen molar-refractivity contribution in [1.82, 2.24) is 5.32 Å². The average molecular weight is 431 g/mol. The third-order valence-electron chi connectivity index (χ3n) is 3.70. The van der Waals surface area contributed by atoms with Crippen LogP contribution in [0.2, 0.25) is 0 Å². The minimum Gasteiger partial charge on any atom is -0.489 e. The molecule has 30 heavy (non-hydrogen) atoms. The smallest absolute Gasteiger partial charge is 0.331 e. The van der Waals surface area contributed by atoms with Crippen molar-refractivity contribution in [1.29, 1.82) is 0 Å². The summed E-state index contributed by atoms with van der Waals surface area (Å²) in [5.74, 6) is -2.81. The lowest BCUT2D eigenvalue weighted by Gasteiger charge is -2.07. The van der Waals surface area contributed by atoms with Gasteiger partial charge in [0.2, 0.25) is 0 Å². The molecule has 1 N–H and O–H groups in total. The molecule has 1 heterocycles. The van der Waals surface area contributed by atoms with E-state index in [9.17, 15) is 18.4 Å². The number of amides is 1. The minimum absolute atomic E-state index is 0.148. The Kier molecular flexibility index (Phi) is 6.91. The Morgan fingerprint density at radius 2 is 2.03 bits per heavy atom. The number of methoxy groups -OCH3 is 1. The van der Waals surface area contributed by atoms with Gasteiger partial charge in [-0.15, -0.1) is 5.10 Å². The maximum atomic E-state index is 13.2. The summed E-state index contributed by atoms with van der Waals surface area (Å²) in [6, 6.07) is 10.5. The molecule has 0 saturated carbocycles. The molecule has 0 aromatic heterocycles. The number of nitrogens with one attached hydrogen (secondary N) is 1. The normalized spacial score (nSPS) is 16.3. The Morgan fingerprint density at radius 1 is 1.20 bits per heavy atom. The number of ether oxygens (including phenoxy) is 2. The molecule has 0 aliphatic carbocycles. The summed E-state index contributed by atoms with van der Waals surface area (Å²) in [5, 5.41) is 10.5. The Balaban J connectivity index is 1.61. The highest BCUT2D eigenvalue weighted by Gasteiger charge is 2.24. The van der Waals surface area contributed by atoms with Gasteiger partial charge in [0.25, 0.3) is 5.91 Å². The second-order valence-corrected chi connectivity index (χ2v) is 6.88. The summed E-state index contributed by atoms with van der Waals surface area (Å²) in [4.78, 5) is 23.1. The number of benzene rings is 2. The summed E-state index contributed by atoms with van der Waals surface area (Å²) in [5.41, 5.74) is 1.49. The molecule has 0 bridgehead atoms. The fourth-order valence-corrected chi connectivity index (χ4v) is 3.02. The second-order valence-electron chi connectivity index (χ2n) is 5.85. The van der Waals surface area contributed by atoms with Crippen molar-refractivity contribution in [3.63, 3.8) is 0 Å². The van der Waals surface area contributed by atoms with E-state index in [1.54, 1.807) is 24.3 Å². The van der Waals surface area contributed by atoms with Crippen LogP contribution in [-0.4, -0.2) is 30.4 Å². The van der Waals surface area contributed by atoms with E-state index in [0.29, 0.717) is 5.56 Å². The van der Waals surface area contributed by atoms with Crippen LogP contribution >= 0.6 is 11.8 Å². The van der Waals surface area contributed by atoms with Gasteiger partial charge < -0.3 is 9.47 Å². The summed E-state index contributed by atoms with van der Waals surface area (Å²) >= 11 is 0.967. The summed E-state index contributed by atoms with van der Waals surface area (Å²) in [7, 11) is 1.22. The Bertz CT molecular complexity index is 1070. The van der Waals surface area contributed by atoms with Gasteiger partial charge in [-0.25, -0.2) is 13.6 Å². The van der Waals surface area contributed by atoms with Gasteiger partial charge >= 0.3 is 5.97 Å². The highest BCUT2D eigenvalue weighted by atomic mass is 32.2. The van der Waals surface area contributed by atoms with E-state index >= 15 is 0 Å². The van der Waals surface area contributed by atoms with Crippen LogP contribution in [0, 0.1) is 11.6 Å². The van der Waals surface area contributed by atoms with Crippen LogP contribution in [0.15, 0.2) is 63.6 Å². The first-order valence-electron chi connectivity index (χ1n) is 8.51. The number of thioether (sulfide) groups is 1. The van der Waals surface area contributed by atoms with Gasteiger partial charge in [-0.05, 0) is 41.1 Å². The molecule has 2 aromatic rings. The van der Waals surface area contributed by atoms with E-state index in [1.807, 2.05) is 0 Å². The van der Waals surface area contributed by atoms with Crippen molar-refractivity contribution >= 4 is 35.0 Å². The molecule has 154 valence electrons. The molecule has 1 aliphatic rings. The maximum Gasteiger partial charge on any atom is 0.331 e. The Labute approximate surface area is 174 Å². The molecular weight excluding hydrogens is 416 g/mol. The van der Waals surface area contributed by atoms with Gasteiger partial charge in [0.1, 0.15) is 12.4 Å². The first-order valence-corrected chi connectivity index (χ1v) is 9.33.